The van der Waals surface area contributed by atoms with E-state index >= 15 is 0 Å². The number of likely N-dealkylation sites (tertiary alicyclic amines) is 1. The van der Waals surface area contributed by atoms with Crippen LogP contribution in [0, 0.1) is 5.92 Å². The van der Waals surface area contributed by atoms with Gasteiger partial charge in [-0.15, -0.1) is 11.3 Å². The Kier molecular flexibility index (Phi) is 9.59. The first-order chi connectivity index (χ1) is 13.0. The van der Waals surface area contributed by atoms with Gasteiger partial charge in [0.15, 0.2) is 5.96 Å². The molecule has 27 heavy (non-hydrogen) atoms. The molecule has 1 aliphatic rings. The average molecular weight is 394 g/mol. The van der Waals surface area contributed by atoms with Crippen LogP contribution in [0.1, 0.15) is 45.4 Å². The number of thiophene rings is 1. The number of rotatable bonds is 9. The van der Waals surface area contributed by atoms with Crippen LogP contribution >= 0.6 is 11.3 Å². The van der Waals surface area contributed by atoms with Crippen LogP contribution in [-0.4, -0.2) is 67.6 Å². The Bertz CT molecular complexity index is 533. The minimum absolute atomic E-state index is 0.568. The van der Waals surface area contributed by atoms with Crippen molar-refractivity contribution in [2.45, 2.75) is 59.2 Å². The Morgan fingerprint density at radius 1 is 1.30 bits per heavy atom. The molecule has 0 aliphatic carbocycles. The molecule has 1 fully saturated rings. The molecular formula is C21H39N5S. The maximum atomic E-state index is 4.40. The monoisotopic (exact) mass is 393 g/mol. The van der Waals surface area contributed by atoms with E-state index in [-0.39, 0.29) is 0 Å². The third kappa shape index (κ3) is 7.80. The smallest absolute Gasteiger partial charge is 0.191 e. The van der Waals surface area contributed by atoms with Crippen molar-refractivity contribution in [1.82, 2.24) is 20.4 Å². The van der Waals surface area contributed by atoms with Crippen molar-refractivity contribution >= 4 is 17.3 Å². The lowest BCUT2D eigenvalue weighted by molar-refractivity contribution is 0.169. The molecule has 2 N–H and O–H groups in total. The van der Waals surface area contributed by atoms with Crippen molar-refractivity contribution in [2.24, 2.45) is 10.9 Å². The largest absolute Gasteiger partial charge is 0.356 e. The van der Waals surface area contributed by atoms with E-state index in [2.05, 4.69) is 70.6 Å². The van der Waals surface area contributed by atoms with Gasteiger partial charge < -0.3 is 10.6 Å². The molecule has 1 aromatic heterocycles. The number of hydrogen-bond donors (Lipinski definition) is 2. The van der Waals surface area contributed by atoms with Crippen molar-refractivity contribution in [3.05, 3.63) is 22.4 Å². The zero-order valence-electron chi connectivity index (χ0n) is 17.9. The topological polar surface area (TPSA) is 42.9 Å². The minimum atomic E-state index is 0.568. The van der Waals surface area contributed by atoms with E-state index in [4.69, 9.17) is 0 Å². The Hall–Kier alpha value is -1.11. The van der Waals surface area contributed by atoms with Gasteiger partial charge in [0.1, 0.15) is 0 Å². The zero-order chi connectivity index (χ0) is 19.6. The standard InChI is InChI=1S/C21H39N5S/c1-17(2)26(18(3)4)12-10-23-21(22-5)24-14-19-8-6-11-25(15-19)16-20-9-7-13-27-20/h7,9,13,17-19H,6,8,10-12,14-16H2,1-5H3,(H2,22,23,24). The second-order valence-corrected chi connectivity index (χ2v) is 9.16. The molecule has 0 aromatic carbocycles. The molecule has 154 valence electrons. The van der Waals surface area contributed by atoms with Crippen molar-refractivity contribution in [2.75, 3.05) is 39.8 Å². The zero-order valence-corrected chi connectivity index (χ0v) is 18.7. The van der Waals surface area contributed by atoms with Crippen LogP contribution in [0.2, 0.25) is 0 Å². The van der Waals surface area contributed by atoms with Crippen LogP contribution in [-0.2, 0) is 6.54 Å². The van der Waals surface area contributed by atoms with E-state index < -0.39 is 0 Å². The molecule has 1 aromatic rings. The van der Waals surface area contributed by atoms with Gasteiger partial charge in [-0.3, -0.25) is 14.8 Å². The summed E-state index contributed by atoms with van der Waals surface area (Å²) >= 11 is 1.86. The van der Waals surface area contributed by atoms with E-state index in [1.54, 1.807) is 0 Å². The Labute approximate surface area is 170 Å². The average Bonchev–Trinajstić information content (AvgIpc) is 3.13. The fraction of sp³-hybridized carbons (Fsp3) is 0.762. The first-order valence-electron chi connectivity index (χ1n) is 10.4. The molecule has 1 aliphatic heterocycles. The molecule has 1 unspecified atom stereocenters. The van der Waals surface area contributed by atoms with Gasteiger partial charge in [-0.2, -0.15) is 0 Å². The number of guanidine groups is 1. The quantitative estimate of drug-likeness (QED) is 0.499. The van der Waals surface area contributed by atoms with Crippen molar-refractivity contribution in [3.63, 3.8) is 0 Å². The summed E-state index contributed by atoms with van der Waals surface area (Å²) in [5.74, 6) is 1.62. The van der Waals surface area contributed by atoms with Gasteiger partial charge in [-0.05, 0) is 64.4 Å². The summed E-state index contributed by atoms with van der Waals surface area (Å²) in [6.45, 7) is 15.5. The maximum absolute atomic E-state index is 4.40. The molecule has 6 heteroatoms. The van der Waals surface area contributed by atoms with Gasteiger partial charge in [0.25, 0.3) is 0 Å². The molecule has 1 atom stereocenters. The Morgan fingerprint density at radius 2 is 2.07 bits per heavy atom. The van der Waals surface area contributed by atoms with Gasteiger partial charge in [0.05, 0.1) is 0 Å². The van der Waals surface area contributed by atoms with Gasteiger partial charge in [0, 0.05) is 56.7 Å². The number of aliphatic imine (C=N–C) groups is 1. The number of piperidine rings is 1. The minimum Gasteiger partial charge on any atom is -0.356 e. The SMILES string of the molecule is CN=C(NCCN(C(C)C)C(C)C)NCC1CCCN(Cc2cccs2)C1. The molecule has 0 radical (unpaired) electrons. The second kappa shape index (κ2) is 11.7. The Balaban J connectivity index is 1.70. The lowest BCUT2D eigenvalue weighted by atomic mass is 9.98. The van der Waals surface area contributed by atoms with E-state index in [9.17, 15) is 0 Å². The normalized spacial score (nSPS) is 19.3. The molecule has 2 heterocycles. The summed E-state index contributed by atoms with van der Waals surface area (Å²) in [6, 6.07) is 5.53. The molecule has 0 amide bonds. The first kappa shape index (κ1) is 22.2. The van der Waals surface area contributed by atoms with Crippen LogP contribution in [0.25, 0.3) is 0 Å². The molecule has 1 saturated heterocycles. The summed E-state index contributed by atoms with van der Waals surface area (Å²) in [4.78, 5) is 11.0. The Morgan fingerprint density at radius 3 is 2.70 bits per heavy atom. The molecular weight excluding hydrogens is 354 g/mol. The van der Waals surface area contributed by atoms with Crippen molar-refractivity contribution in [1.29, 1.82) is 0 Å². The van der Waals surface area contributed by atoms with Gasteiger partial charge in [-0.1, -0.05) is 6.07 Å². The summed E-state index contributed by atoms with van der Waals surface area (Å²) in [6.07, 6.45) is 2.60. The summed E-state index contributed by atoms with van der Waals surface area (Å²) < 4.78 is 0. The van der Waals surface area contributed by atoms with E-state index in [0.29, 0.717) is 18.0 Å². The fourth-order valence-corrected chi connectivity index (χ4v) is 4.71. The summed E-state index contributed by atoms with van der Waals surface area (Å²) in [5, 5.41) is 9.20. The highest BCUT2D eigenvalue weighted by molar-refractivity contribution is 7.09. The fourth-order valence-electron chi connectivity index (χ4n) is 3.96. The van der Waals surface area contributed by atoms with Gasteiger partial charge >= 0.3 is 0 Å². The van der Waals surface area contributed by atoms with Crippen LogP contribution in [0.3, 0.4) is 0 Å². The predicted molar refractivity (Wildman–Crippen MR) is 119 cm³/mol. The first-order valence-corrected chi connectivity index (χ1v) is 11.3. The lowest BCUT2D eigenvalue weighted by Crippen LogP contribution is -2.47. The van der Waals surface area contributed by atoms with Crippen LogP contribution in [0.4, 0.5) is 0 Å². The number of hydrogen-bond acceptors (Lipinski definition) is 4. The third-order valence-electron chi connectivity index (χ3n) is 5.33. The molecule has 0 saturated carbocycles. The molecule has 0 bridgehead atoms. The van der Waals surface area contributed by atoms with Crippen molar-refractivity contribution in [3.8, 4) is 0 Å². The summed E-state index contributed by atoms with van der Waals surface area (Å²) in [7, 11) is 1.86. The van der Waals surface area contributed by atoms with Gasteiger partial charge in [0.2, 0.25) is 0 Å². The molecule has 2 rings (SSSR count). The molecule has 5 nitrogen and oxygen atoms in total. The van der Waals surface area contributed by atoms with Crippen LogP contribution in [0.15, 0.2) is 22.5 Å². The van der Waals surface area contributed by atoms with E-state index in [0.717, 1.165) is 32.1 Å². The van der Waals surface area contributed by atoms with Crippen LogP contribution < -0.4 is 10.6 Å². The number of nitrogens with zero attached hydrogens (tertiary/aromatic N) is 3. The lowest BCUT2D eigenvalue weighted by Gasteiger charge is -2.33. The second-order valence-electron chi connectivity index (χ2n) is 8.13. The van der Waals surface area contributed by atoms with Gasteiger partial charge in [-0.25, -0.2) is 0 Å². The highest BCUT2D eigenvalue weighted by Gasteiger charge is 2.20. The number of nitrogens with one attached hydrogen (secondary N) is 2. The molecule has 0 spiro atoms. The maximum Gasteiger partial charge on any atom is 0.191 e. The van der Waals surface area contributed by atoms with E-state index in [1.807, 2.05) is 18.4 Å². The predicted octanol–water partition coefficient (Wildman–Crippen LogP) is 3.24. The van der Waals surface area contributed by atoms with Crippen molar-refractivity contribution < 1.29 is 0 Å². The third-order valence-corrected chi connectivity index (χ3v) is 6.19. The van der Waals surface area contributed by atoms with Crippen LogP contribution in [0.5, 0.6) is 0 Å². The highest BCUT2D eigenvalue weighted by Crippen LogP contribution is 2.19. The summed E-state index contributed by atoms with van der Waals surface area (Å²) in [5.41, 5.74) is 0. The highest BCUT2D eigenvalue weighted by atomic mass is 32.1. The van der Waals surface area contributed by atoms with E-state index in [1.165, 1.54) is 30.8 Å².